The van der Waals surface area contributed by atoms with E-state index in [1.807, 2.05) is 24.3 Å². The lowest BCUT2D eigenvalue weighted by Gasteiger charge is -2.11. The van der Waals surface area contributed by atoms with Crippen LogP contribution in [0.5, 0.6) is 11.5 Å². The molecule has 0 aliphatic carbocycles. The van der Waals surface area contributed by atoms with Crippen LogP contribution in [0.2, 0.25) is 0 Å². The van der Waals surface area contributed by atoms with E-state index in [2.05, 4.69) is 10.6 Å². The van der Waals surface area contributed by atoms with Crippen LogP contribution in [0.4, 0.5) is 17.1 Å². The maximum Gasteiger partial charge on any atom is 0.142 e. The normalized spacial score (nSPS) is 9.48. The fourth-order valence-electron chi connectivity index (χ4n) is 1.91. The van der Waals surface area contributed by atoms with Gasteiger partial charge in [-0.2, -0.15) is 0 Å². The highest BCUT2D eigenvalue weighted by Gasteiger charge is 2.06. The molecule has 0 atom stereocenters. The van der Waals surface area contributed by atoms with E-state index >= 15 is 0 Å². The van der Waals surface area contributed by atoms with Gasteiger partial charge in [0.15, 0.2) is 0 Å². The number of hydrogen-bond donors (Lipinski definition) is 4. The van der Waals surface area contributed by atoms with E-state index in [9.17, 15) is 10.2 Å². The van der Waals surface area contributed by atoms with Crippen LogP contribution in [0, 0.1) is 6.92 Å². The van der Waals surface area contributed by atoms with Crippen LogP contribution in [0.15, 0.2) is 36.4 Å². The number of hydrogen-bond acceptors (Lipinski definition) is 5. The minimum absolute atomic E-state index is 0. The summed E-state index contributed by atoms with van der Waals surface area (Å²) in [7, 11) is 1.67. The molecule has 2 aromatic carbocycles. The third-order valence-electron chi connectivity index (χ3n) is 3.11. The van der Waals surface area contributed by atoms with Crippen LogP contribution in [-0.2, 0) is 4.74 Å². The van der Waals surface area contributed by atoms with Crippen molar-refractivity contribution in [3.8, 4) is 11.5 Å². The summed E-state index contributed by atoms with van der Waals surface area (Å²) in [5.74, 6) is 0.0936. The highest BCUT2D eigenvalue weighted by Crippen LogP contribution is 2.33. The molecule has 0 aliphatic heterocycles. The van der Waals surface area contributed by atoms with Gasteiger partial charge in [0, 0.05) is 31.1 Å². The summed E-state index contributed by atoms with van der Waals surface area (Å²) < 4.78 is 4.98. The van der Waals surface area contributed by atoms with E-state index in [-0.39, 0.29) is 36.3 Å². The predicted molar refractivity (Wildman–Crippen MR) is 99.1 cm³/mol. The monoisotopic (exact) mass is 360 g/mol. The molecule has 0 bridgehead atoms. The zero-order chi connectivity index (χ0) is 15.2. The second-order valence-electron chi connectivity index (χ2n) is 4.78. The van der Waals surface area contributed by atoms with Gasteiger partial charge in [-0.3, -0.25) is 0 Å². The van der Waals surface area contributed by atoms with Crippen molar-refractivity contribution in [1.29, 1.82) is 0 Å². The Balaban J connectivity index is 0.00000242. The van der Waals surface area contributed by atoms with Crippen LogP contribution < -0.4 is 10.6 Å². The number of anilines is 3. The van der Waals surface area contributed by atoms with Crippen molar-refractivity contribution >= 4 is 41.9 Å². The Kier molecular flexibility index (Phi) is 9.25. The second kappa shape index (κ2) is 10.0. The number of methoxy groups -OCH3 is 1. The summed E-state index contributed by atoms with van der Waals surface area (Å²) in [6, 6.07) is 10.8. The van der Waals surface area contributed by atoms with Gasteiger partial charge in [0.25, 0.3) is 0 Å². The molecule has 0 saturated heterocycles. The van der Waals surface area contributed by atoms with Gasteiger partial charge >= 0.3 is 0 Å². The molecule has 23 heavy (non-hydrogen) atoms. The smallest absolute Gasteiger partial charge is 0.142 e. The fraction of sp³-hybridized carbons (Fsp3) is 0.250. The molecule has 2 aromatic rings. The third-order valence-corrected chi connectivity index (χ3v) is 3.11. The number of aryl methyl sites for hydroxylation is 1. The van der Waals surface area contributed by atoms with E-state index in [0.717, 1.165) is 17.9 Å². The molecule has 0 aromatic heterocycles. The largest absolute Gasteiger partial charge is 0.508 e. The van der Waals surface area contributed by atoms with Crippen molar-refractivity contribution in [3.05, 3.63) is 42.0 Å². The summed E-state index contributed by atoms with van der Waals surface area (Å²) >= 11 is 0. The number of benzene rings is 2. The highest BCUT2D eigenvalue weighted by atomic mass is 35.5. The van der Waals surface area contributed by atoms with Crippen molar-refractivity contribution in [3.63, 3.8) is 0 Å². The predicted octanol–water partition coefficient (Wildman–Crippen LogP) is 4.05. The van der Waals surface area contributed by atoms with Gasteiger partial charge in [-0.15, -0.1) is 24.8 Å². The molecule has 4 N–H and O–H groups in total. The number of aromatic hydroxyl groups is 2. The molecule has 5 nitrogen and oxygen atoms in total. The molecule has 128 valence electrons. The van der Waals surface area contributed by atoms with Gasteiger partial charge in [-0.1, -0.05) is 0 Å². The van der Waals surface area contributed by atoms with Crippen LogP contribution >= 0.6 is 24.8 Å². The van der Waals surface area contributed by atoms with Gasteiger partial charge in [0.2, 0.25) is 0 Å². The number of ether oxygens (including phenoxy) is 1. The lowest BCUT2D eigenvalue weighted by Crippen LogP contribution is -2.07. The SMILES string of the molecule is COCCNc1ccc(Nc2cc(C)c(O)cc2O)cc1.Cl.Cl. The molecule has 7 heteroatoms. The van der Waals surface area contributed by atoms with Crippen LogP contribution in [0.1, 0.15) is 5.56 Å². The minimum atomic E-state index is 0. The van der Waals surface area contributed by atoms with Crippen molar-refractivity contribution in [1.82, 2.24) is 0 Å². The standard InChI is InChI=1S/C16H20N2O3.2ClH/c1-11-9-14(16(20)10-15(11)19)18-13-5-3-12(4-6-13)17-7-8-21-2;;/h3-6,9-10,17-20H,7-8H2,1-2H3;2*1H. The van der Waals surface area contributed by atoms with Crippen molar-refractivity contribution in [2.45, 2.75) is 6.92 Å². The van der Waals surface area contributed by atoms with E-state index in [1.54, 1.807) is 20.1 Å². The molecular formula is C16H22Cl2N2O3. The summed E-state index contributed by atoms with van der Waals surface area (Å²) in [6.07, 6.45) is 0. The average Bonchev–Trinajstić information content (AvgIpc) is 2.47. The first-order chi connectivity index (χ1) is 10.1. The average molecular weight is 361 g/mol. The van der Waals surface area contributed by atoms with Gasteiger partial charge in [-0.05, 0) is 42.8 Å². The summed E-state index contributed by atoms with van der Waals surface area (Å²) in [6.45, 7) is 3.19. The number of nitrogens with one attached hydrogen (secondary N) is 2. The molecule has 0 aliphatic rings. The number of phenolic OH excluding ortho intramolecular Hbond substituents is 2. The Hall–Kier alpha value is -1.82. The van der Waals surface area contributed by atoms with Crippen molar-refractivity contribution < 1.29 is 14.9 Å². The minimum Gasteiger partial charge on any atom is -0.508 e. The maximum absolute atomic E-state index is 9.83. The second-order valence-corrected chi connectivity index (χ2v) is 4.78. The molecule has 0 unspecified atom stereocenters. The molecular weight excluding hydrogens is 339 g/mol. The first-order valence-electron chi connectivity index (χ1n) is 6.72. The molecule has 0 radical (unpaired) electrons. The van der Waals surface area contributed by atoms with Crippen molar-refractivity contribution in [2.24, 2.45) is 0 Å². The number of halogens is 2. The molecule has 0 spiro atoms. The van der Waals surface area contributed by atoms with Crippen LogP contribution in [0.25, 0.3) is 0 Å². The first-order valence-corrected chi connectivity index (χ1v) is 6.72. The van der Waals surface area contributed by atoms with Gasteiger partial charge < -0.3 is 25.6 Å². The van der Waals surface area contributed by atoms with Gasteiger partial charge in [-0.25, -0.2) is 0 Å². The van der Waals surface area contributed by atoms with Crippen LogP contribution in [-0.4, -0.2) is 30.5 Å². The van der Waals surface area contributed by atoms with Crippen molar-refractivity contribution in [2.75, 3.05) is 30.9 Å². The molecule has 0 saturated carbocycles. The zero-order valence-corrected chi connectivity index (χ0v) is 14.6. The Morgan fingerprint density at radius 2 is 1.57 bits per heavy atom. The van der Waals surface area contributed by atoms with E-state index < -0.39 is 0 Å². The first kappa shape index (κ1) is 21.2. The molecule has 0 amide bonds. The molecule has 0 heterocycles. The lowest BCUT2D eigenvalue weighted by atomic mass is 10.1. The Bertz CT molecular complexity index is 607. The van der Waals surface area contributed by atoms with E-state index in [0.29, 0.717) is 17.9 Å². The molecule has 2 rings (SSSR count). The Morgan fingerprint density at radius 1 is 0.957 bits per heavy atom. The summed E-state index contributed by atoms with van der Waals surface area (Å²) in [5, 5.41) is 25.7. The maximum atomic E-state index is 9.83. The quantitative estimate of drug-likeness (QED) is 0.355. The highest BCUT2D eigenvalue weighted by molar-refractivity contribution is 5.85. The van der Waals surface area contributed by atoms with Gasteiger partial charge in [0.05, 0.1) is 12.3 Å². The molecule has 0 fully saturated rings. The lowest BCUT2D eigenvalue weighted by molar-refractivity contribution is 0.211. The fourth-order valence-corrected chi connectivity index (χ4v) is 1.91. The number of rotatable bonds is 6. The summed E-state index contributed by atoms with van der Waals surface area (Å²) in [5.41, 5.74) is 3.12. The topological polar surface area (TPSA) is 73.8 Å². The van der Waals surface area contributed by atoms with Crippen LogP contribution in [0.3, 0.4) is 0 Å². The zero-order valence-electron chi connectivity index (χ0n) is 13.0. The Morgan fingerprint density at radius 3 is 2.17 bits per heavy atom. The van der Waals surface area contributed by atoms with E-state index in [4.69, 9.17) is 4.74 Å². The summed E-state index contributed by atoms with van der Waals surface area (Å²) in [4.78, 5) is 0. The van der Waals surface area contributed by atoms with E-state index in [1.165, 1.54) is 6.07 Å². The number of phenols is 2. The third kappa shape index (κ3) is 6.06. The van der Waals surface area contributed by atoms with Gasteiger partial charge in [0.1, 0.15) is 11.5 Å². The Labute approximate surface area is 148 Å².